The maximum Gasteiger partial charge on any atom is 0.247 e. The van der Waals surface area contributed by atoms with Crippen molar-refractivity contribution >= 4 is 28.3 Å². The van der Waals surface area contributed by atoms with Gasteiger partial charge in [-0.1, -0.05) is 25.1 Å². The summed E-state index contributed by atoms with van der Waals surface area (Å²) in [5.74, 6) is 0.0159. The van der Waals surface area contributed by atoms with Crippen LogP contribution in [0.3, 0.4) is 0 Å². The van der Waals surface area contributed by atoms with Crippen molar-refractivity contribution in [1.82, 2.24) is 4.90 Å². The van der Waals surface area contributed by atoms with Gasteiger partial charge in [-0.05, 0) is 36.4 Å². The molecule has 0 radical (unpaired) electrons. The molecular weight excluding hydrogens is 292 g/mol. The molecule has 2 aromatic carbocycles. The summed E-state index contributed by atoms with van der Waals surface area (Å²) < 4.78 is 0. The Bertz CT molecular complexity index is 757. The second kappa shape index (κ2) is 6.28. The summed E-state index contributed by atoms with van der Waals surface area (Å²) in [6.45, 7) is 2.55. The predicted octanol–water partition coefficient (Wildman–Crippen LogP) is 2.88. The third-order valence-electron chi connectivity index (χ3n) is 4.30. The molecule has 1 aliphatic rings. The molecule has 3 rings (SSSR count). The molecule has 1 saturated heterocycles. The second-order valence-corrected chi connectivity index (χ2v) is 5.81. The van der Waals surface area contributed by atoms with Gasteiger partial charge in [-0.15, -0.1) is 0 Å². The lowest BCUT2D eigenvalue weighted by molar-refractivity contribution is -0.135. The van der Waals surface area contributed by atoms with E-state index in [1.165, 1.54) is 0 Å². The molecule has 23 heavy (non-hydrogen) atoms. The largest absolute Gasteiger partial charge is 0.508 e. The zero-order valence-electron chi connectivity index (χ0n) is 13.1. The van der Waals surface area contributed by atoms with Crippen LogP contribution in [0, 0.1) is 0 Å². The Kier molecular flexibility index (Phi) is 4.19. The number of anilines is 1. The molecule has 2 N–H and O–H groups in total. The Morgan fingerprint density at radius 3 is 2.87 bits per heavy atom. The zero-order valence-corrected chi connectivity index (χ0v) is 13.1. The Morgan fingerprint density at radius 2 is 2.17 bits per heavy atom. The van der Waals surface area contributed by atoms with E-state index in [0.717, 1.165) is 17.2 Å². The number of amides is 2. The summed E-state index contributed by atoms with van der Waals surface area (Å²) in [7, 11) is 0. The lowest BCUT2D eigenvalue weighted by Gasteiger charge is -2.26. The number of carbonyl (C=O) groups is 2. The molecule has 0 aromatic heterocycles. The highest BCUT2D eigenvalue weighted by Crippen LogP contribution is 2.27. The first-order chi connectivity index (χ1) is 11.1. The van der Waals surface area contributed by atoms with Gasteiger partial charge in [0.05, 0.1) is 0 Å². The Morgan fingerprint density at radius 1 is 1.35 bits per heavy atom. The number of hydrogen-bond acceptors (Lipinski definition) is 3. The van der Waals surface area contributed by atoms with E-state index in [9.17, 15) is 14.7 Å². The molecule has 1 aliphatic heterocycles. The SMILES string of the molecule is CCC(C(=O)Nc1cccc2ccc(O)cc12)N1CCCC1=O. The Balaban J connectivity index is 1.87. The number of fused-ring (bicyclic) bond motifs is 1. The van der Waals surface area contributed by atoms with Gasteiger partial charge in [0.1, 0.15) is 11.8 Å². The molecule has 5 heteroatoms. The fraction of sp³-hybridized carbons (Fsp3) is 0.333. The van der Waals surface area contributed by atoms with Gasteiger partial charge in [-0.25, -0.2) is 0 Å². The first-order valence-corrected chi connectivity index (χ1v) is 7.92. The number of benzene rings is 2. The number of phenolic OH excluding ortho intramolecular Hbond substituents is 1. The van der Waals surface area contributed by atoms with E-state index in [4.69, 9.17) is 0 Å². The maximum absolute atomic E-state index is 12.6. The van der Waals surface area contributed by atoms with Crippen molar-refractivity contribution in [2.75, 3.05) is 11.9 Å². The van der Waals surface area contributed by atoms with E-state index >= 15 is 0 Å². The second-order valence-electron chi connectivity index (χ2n) is 5.81. The van der Waals surface area contributed by atoms with Crippen LogP contribution in [0.15, 0.2) is 36.4 Å². The van der Waals surface area contributed by atoms with Crippen LogP contribution < -0.4 is 5.32 Å². The van der Waals surface area contributed by atoms with Gasteiger partial charge in [0.2, 0.25) is 11.8 Å². The fourth-order valence-electron chi connectivity index (χ4n) is 3.13. The van der Waals surface area contributed by atoms with E-state index in [-0.39, 0.29) is 17.6 Å². The molecule has 2 amide bonds. The van der Waals surface area contributed by atoms with E-state index in [0.29, 0.717) is 25.1 Å². The van der Waals surface area contributed by atoms with Crippen LogP contribution >= 0.6 is 0 Å². The van der Waals surface area contributed by atoms with Gasteiger partial charge in [0.15, 0.2) is 0 Å². The lowest BCUT2D eigenvalue weighted by Crippen LogP contribution is -2.44. The third-order valence-corrected chi connectivity index (χ3v) is 4.30. The minimum atomic E-state index is -0.447. The van der Waals surface area contributed by atoms with Crippen molar-refractivity contribution in [2.24, 2.45) is 0 Å². The van der Waals surface area contributed by atoms with Crippen molar-refractivity contribution < 1.29 is 14.7 Å². The van der Waals surface area contributed by atoms with Gasteiger partial charge < -0.3 is 15.3 Å². The summed E-state index contributed by atoms with van der Waals surface area (Å²) in [5, 5.41) is 14.3. The van der Waals surface area contributed by atoms with Crippen molar-refractivity contribution in [3.05, 3.63) is 36.4 Å². The quantitative estimate of drug-likeness (QED) is 0.912. The number of nitrogens with one attached hydrogen (secondary N) is 1. The molecule has 0 bridgehead atoms. The smallest absolute Gasteiger partial charge is 0.247 e. The normalized spacial score (nSPS) is 15.9. The van der Waals surface area contributed by atoms with Gasteiger partial charge >= 0.3 is 0 Å². The third kappa shape index (κ3) is 2.99. The number of likely N-dealkylation sites (tertiary alicyclic amines) is 1. The monoisotopic (exact) mass is 312 g/mol. The summed E-state index contributed by atoms with van der Waals surface area (Å²) in [6, 6.07) is 10.2. The van der Waals surface area contributed by atoms with Crippen LogP contribution in [0.4, 0.5) is 5.69 Å². The van der Waals surface area contributed by atoms with Gasteiger partial charge in [-0.2, -0.15) is 0 Å². The highest BCUT2D eigenvalue weighted by molar-refractivity contribution is 6.05. The Hall–Kier alpha value is -2.56. The average molecular weight is 312 g/mol. The van der Waals surface area contributed by atoms with Crippen molar-refractivity contribution in [3.63, 3.8) is 0 Å². The summed E-state index contributed by atoms with van der Waals surface area (Å²) >= 11 is 0. The number of carbonyl (C=O) groups excluding carboxylic acids is 2. The first-order valence-electron chi connectivity index (χ1n) is 7.92. The van der Waals surface area contributed by atoms with Crippen LogP contribution in [0.1, 0.15) is 26.2 Å². The molecule has 1 atom stereocenters. The van der Waals surface area contributed by atoms with Crippen LogP contribution in [0.25, 0.3) is 10.8 Å². The van der Waals surface area contributed by atoms with E-state index in [1.54, 1.807) is 23.1 Å². The standard InChI is InChI=1S/C18H20N2O3/c1-2-16(20-10-4-7-17(20)22)18(23)19-15-6-3-5-12-8-9-13(21)11-14(12)15/h3,5-6,8-9,11,16,21H,2,4,7,10H2,1H3,(H,19,23). The zero-order chi connectivity index (χ0) is 16.4. The van der Waals surface area contributed by atoms with Gasteiger partial charge in [0.25, 0.3) is 0 Å². The molecule has 1 fully saturated rings. The van der Waals surface area contributed by atoms with Crippen LogP contribution in [-0.2, 0) is 9.59 Å². The Labute approximate surface area is 134 Å². The molecule has 0 saturated carbocycles. The van der Waals surface area contributed by atoms with Gasteiger partial charge in [0, 0.05) is 24.0 Å². The van der Waals surface area contributed by atoms with Crippen LogP contribution in [0.2, 0.25) is 0 Å². The summed E-state index contributed by atoms with van der Waals surface area (Å²) in [4.78, 5) is 26.2. The van der Waals surface area contributed by atoms with Crippen molar-refractivity contribution in [3.8, 4) is 5.75 Å². The number of nitrogens with zero attached hydrogens (tertiary/aromatic N) is 1. The minimum absolute atomic E-state index is 0.0440. The topological polar surface area (TPSA) is 69.6 Å². The van der Waals surface area contributed by atoms with Crippen molar-refractivity contribution in [1.29, 1.82) is 0 Å². The van der Waals surface area contributed by atoms with Crippen molar-refractivity contribution in [2.45, 2.75) is 32.2 Å². The summed E-state index contributed by atoms with van der Waals surface area (Å²) in [5.41, 5.74) is 0.647. The highest BCUT2D eigenvalue weighted by Gasteiger charge is 2.31. The minimum Gasteiger partial charge on any atom is -0.508 e. The molecule has 0 spiro atoms. The number of rotatable bonds is 4. The molecule has 5 nitrogen and oxygen atoms in total. The van der Waals surface area contributed by atoms with E-state index < -0.39 is 6.04 Å². The molecule has 2 aromatic rings. The summed E-state index contributed by atoms with van der Waals surface area (Å²) in [6.07, 6.45) is 1.91. The first kappa shape index (κ1) is 15.3. The molecular formula is C18H20N2O3. The number of hydrogen-bond donors (Lipinski definition) is 2. The molecule has 1 heterocycles. The molecule has 1 unspecified atom stereocenters. The van der Waals surface area contributed by atoms with Crippen LogP contribution in [0.5, 0.6) is 5.75 Å². The maximum atomic E-state index is 12.6. The van der Waals surface area contributed by atoms with E-state index in [2.05, 4.69) is 5.32 Å². The van der Waals surface area contributed by atoms with Crippen LogP contribution in [-0.4, -0.2) is 34.4 Å². The molecule has 120 valence electrons. The van der Waals surface area contributed by atoms with E-state index in [1.807, 2.05) is 25.1 Å². The fourth-order valence-corrected chi connectivity index (χ4v) is 3.13. The van der Waals surface area contributed by atoms with Gasteiger partial charge in [-0.3, -0.25) is 9.59 Å². The average Bonchev–Trinajstić information content (AvgIpc) is 2.95. The predicted molar refractivity (Wildman–Crippen MR) is 89.3 cm³/mol. The lowest BCUT2D eigenvalue weighted by atomic mass is 10.1. The molecule has 0 aliphatic carbocycles. The number of phenols is 1. The highest BCUT2D eigenvalue weighted by atomic mass is 16.3. The number of aromatic hydroxyl groups is 1.